The van der Waals surface area contributed by atoms with Crippen LogP contribution in [0, 0.1) is 5.82 Å². The molecule has 0 spiro atoms. The van der Waals surface area contributed by atoms with E-state index in [0.29, 0.717) is 22.9 Å². The zero-order chi connectivity index (χ0) is 14.5. The van der Waals surface area contributed by atoms with Gasteiger partial charge in [0, 0.05) is 5.56 Å². The summed E-state index contributed by atoms with van der Waals surface area (Å²) in [7, 11) is 1.48. The van der Waals surface area contributed by atoms with Crippen LogP contribution in [0.5, 0.6) is 5.75 Å². The van der Waals surface area contributed by atoms with Crippen molar-refractivity contribution in [3.05, 3.63) is 42.0 Å². The first kappa shape index (κ1) is 14.0. The lowest BCUT2D eigenvalue weighted by Crippen LogP contribution is -2.14. The van der Waals surface area contributed by atoms with Gasteiger partial charge in [0.25, 0.3) is 0 Å². The number of ether oxygens (including phenoxy) is 1. The lowest BCUT2D eigenvalue weighted by molar-refractivity contribution is 0.414. The van der Waals surface area contributed by atoms with Crippen molar-refractivity contribution < 1.29 is 9.13 Å². The fourth-order valence-corrected chi connectivity index (χ4v) is 1.88. The zero-order valence-electron chi connectivity index (χ0n) is 11.2. The van der Waals surface area contributed by atoms with E-state index in [2.05, 4.69) is 20.7 Å². The first-order valence-corrected chi connectivity index (χ1v) is 6.04. The number of methoxy groups -OCH3 is 1. The summed E-state index contributed by atoms with van der Waals surface area (Å²) < 4.78 is 18.9. The second-order valence-electron chi connectivity index (χ2n) is 4.14. The van der Waals surface area contributed by atoms with Crippen LogP contribution < -0.4 is 21.3 Å². The molecule has 0 bridgehead atoms. The van der Waals surface area contributed by atoms with E-state index in [9.17, 15) is 4.39 Å². The molecule has 1 aromatic heterocycles. The number of hydrazine groups is 1. The van der Waals surface area contributed by atoms with Gasteiger partial charge in [-0.25, -0.2) is 20.2 Å². The molecule has 1 unspecified atom stereocenters. The molecule has 0 saturated carbocycles. The molecule has 0 aliphatic heterocycles. The van der Waals surface area contributed by atoms with Crippen LogP contribution in [-0.2, 0) is 0 Å². The molecule has 2 aromatic rings. The van der Waals surface area contributed by atoms with Gasteiger partial charge in [-0.3, -0.25) is 0 Å². The maximum atomic E-state index is 13.7. The molecule has 0 aliphatic carbocycles. The quantitative estimate of drug-likeness (QED) is 0.573. The molecule has 2 rings (SSSR count). The summed E-state index contributed by atoms with van der Waals surface area (Å²) in [5, 5.41) is 3.08. The van der Waals surface area contributed by atoms with Gasteiger partial charge in [-0.1, -0.05) is 18.2 Å². The number of aromatic nitrogens is 2. The van der Waals surface area contributed by atoms with Crippen LogP contribution in [0.2, 0.25) is 0 Å². The number of nitrogens with two attached hydrogens (primary N) is 1. The predicted molar refractivity (Wildman–Crippen MR) is 74.8 cm³/mol. The Morgan fingerprint density at radius 3 is 2.60 bits per heavy atom. The number of nitrogens with one attached hydrogen (secondary N) is 2. The minimum absolute atomic E-state index is 0.280. The van der Waals surface area contributed by atoms with Crippen molar-refractivity contribution in [2.24, 2.45) is 5.84 Å². The maximum Gasteiger partial charge on any atom is 0.205 e. The molecule has 4 N–H and O–H groups in total. The Morgan fingerprint density at radius 2 is 1.95 bits per heavy atom. The summed E-state index contributed by atoms with van der Waals surface area (Å²) in [5.74, 6) is 6.24. The smallest absolute Gasteiger partial charge is 0.205 e. The van der Waals surface area contributed by atoms with Crippen molar-refractivity contribution in [1.29, 1.82) is 0 Å². The third kappa shape index (κ3) is 2.77. The normalized spacial score (nSPS) is 11.8. The molecule has 7 heteroatoms. The number of hydrogen-bond donors (Lipinski definition) is 3. The minimum Gasteiger partial charge on any atom is -0.490 e. The van der Waals surface area contributed by atoms with E-state index in [1.807, 2.05) is 6.92 Å². The summed E-state index contributed by atoms with van der Waals surface area (Å²) in [6, 6.07) is 6.26. The number of rotatable bonds is 5. The molecule has 1 aromatic carbocycles. The predicted octanol–water partition coefficient (Wildman–Crippen LogP) is 2.08. The van der Waals surface area contributed by atoms with Crippen molar-refractivity contribution in [3.63, 3.8) is 0 Å². The summed E-state index contributed by atoms with van der Waals surface area (Å²) in [6.07, 6.45) is 1.34. The van der Waals surface area contributed by atoms with Gasteiger partial charge in [-0.2, -0.15) is 0 Å². The number of nitrogen functional groups attached to an aromatic ring is 1. The Kier molecular flexibility index (Phi) is 4.31. The van der Waals surface area contributed by atoms with Crippen LogP contribution in [0.15, 0.2) is 30.6 Å². The van der Waals surface area contributed by atoms with Crippen LogP contribution in [0.3, 0.4) is 0 Å². The number of halogens is 1. The van der Waals surface area contributed by atoms with E-state index in [4.69, 9.17) is 10.6 Å². The van der Waals surface area contributed by atoms with Crippen molar-refractivity contribution in [1.82, 2.24) is 9.97 Å². The maximum absolute atomic E-state index is 13.7. The summed E-state index contributed by atoms with van der Waals surface area (Å²) in [5.41, 5.74) is 2.96. The Labute approximate surface area is 116 Å². The largest absolute Gasteiger partial charge is 0.490 e. The van der Waals surface area contributed by atoms with Gasteiger partial charge in [0.15, 0.2) is 11.6 Å². The van der Waals surface area contributed by atoms with Gasteiger partial charge in [0.2, 0.25) is 5.75 Å². The SMILES string of the molecule is COc1c(NN)ncnc1NC(C)c1ccccc1F. The van der Waals surface area contributed by atoms with E-state index in [1.165, 1.54) is 19.5 Å². The van der Waals surface area contributed by atoms with Crippen LogP contribution in [0.25, 0.3) is 0 Å². The molecule has 0 saturated heterocycles. The highest BCUT2D eigenvalue weighted by molar-refractivity contribution is 5.63. The molecule has 1 heterocycles. The van der Waals surface area contributed by atoms with Gasteiger partial charge in [0.05, 0.1) is 13.2 Å². The van der Waals surface area contributed by atoms with Gasteiger partial charge < -0.3 is 15.5 Å². The van der Waals surface area contributed by atoms with Gasteiger partial charge >= 0.3 is 0 Å². The second-order valence-corrected chi connectivity index (χ2v) is 4.14. The topological polar surface area (TPSA) is 85.1 Å². The van der Waals surface area contributed by atoms with Gasteiger partial charge in [-0.15, -0.1) is 0 Å². The lowest BCUT2D eigenvalue weighted by Gasteiger charge is -2.18. The average Bonchev–Trinajstić information content (AvgIpc) is 2.47. The summed E-state index contributed by atoms with van der Waals surface area (Å²) >= 11 is 0. The second kappa shape index (κ2) is 6.16. The first-order chi connectivity index (χ1) is 9.67. The van der Waals surface area contributed by atoms with E-state index >= 15 is 0 Å². The van der Waals surface area contributed by atoms with Crippen LogP contribution in [0.4, 0.5) is 16.0 Å². The number of benzene rings is 1. The molecule has 0 fully saturated rings. The van der Waals surface area contributed by atoms with E-state index in [1.54, 1.807) is 18.2 Å². The standard InChI is InChI=1S/C13H16FN5O/c1-8(9-5-3-4-6-10(9)14)18-12-11(20-2)13(19-15)17-7-16-12/h3-8H,15H2,1-2H3,(H2,16,17,18,19). The van der Waals surface area contributed by atoms with Crippen molar-refractivity contribution >= 4 is 11.6 Å². The Balaban J connectivity index is 2.28. The van der Waals surface area contributed by atoms with Gasteiger partial charge in [0.1, 0.15) is 12.1 Å². The summed E-state index contributed by atoms with van der Waals surface area (Å²) in [4.78, 5) is 8.03. The molecular weight excluding hydrogens is 261 g/mol. The molecular formula is C13H16FN5O. The van der Waals surface area contributed by atoms with Crippen LogP contribution in [0.1, 0.15) is 18.5 Å². The molecule has 106 valence electrons. The molecule has 20 heavy (non-hydrogen) atoms. The molecule has 6 nitrogen and oxygen atoms in total. The minimum atomic E-state index is -0.286. The highest BCUT2D eigenvalue weighted by Crippen LogP contribution is 2.31. The zero-order valence-corrected chi connectivity index (χ0v) is 11.2. The van der Waals surface area contributed by atoms with E-state index < -0.39 is 0 Å². The average molecular weight is 277 g/mol. The van der Waals surface area contributed by atoms with E-state index in [0.717, 1.165) is 0 Å². The Morgan fingerprint density at radius 1 is 1.25 bits per heavy atom. The van der Waals surface area contributed by atoms with Crippen LogP contribution in [-0.4, -0.2) is 17.1 Å². The summed E-state index contributed by atoms with van der Waals surface area (Å²) in [6.45, 7) is 1.83. The lowest BCUT2D eigenvalue weighted by atomic mass is 10.1. The number of anilines is 2. The number of hydrogen-bond acceptors (Lipinski definition) is 6. The molecule has 0 radical (unpaired) electrons. The van der Waals surface area contributed by atoms with Crippen molar-refractivity contribution in [2.75, 3.05) is 17.9 Å². The number of nitrogens with zero attached hydrogens (tertiary/aromatic N) is 2. The highest BCUT2D eigenvalue weighted by atomic mass is 19.1. The molecule has 0 amide bonds. The van der Waals surface area contributed by atoms with Crippen LogP contribution >= 0.6 is 0 Å². The third-order valence-corrected chi connectivity index (χ3v) is 2.87. The fraction of sp³-hybridized carbons (Fsp3) is 0.231. The first-order valence-electron chi connectivity index (χ1n) is 6.04. The Hall–Kier alpha value is -2.41. The van der Waals surface area contributed by atoms with Gasteiger partial charge in [-0.05, 0) is 13.0 Å². The molecule has 1 atom stereocenters. The van der Waals surface area contributed by atoms with Crippen molar-refractivity contribution in [3.8, 4) is 5.75 Å². The molecule has 0 aliphatic rings. The third-order valence-electron chi connectivity index (χ3n) is 2.87. The Bertz CT molecular complexity index is 593. The highest BCUT2D eigenvalue weighted by Gasteiger charge is 2.16. The van der Waals surface area contributed by atoms with E-state index in [-0.39, 0.29) is 11.9 Å². The fourth-order valence-electron chi connectivity index (χ4n) is 1.88. The van der Waals surface area contributed by atoms with Crippen molar-refractivity contribution in [2.45, 2.75) is 13.0 Å². The monoisotopic (exact) mass is 277 g/mol.